The van der Waals surface area contributed by atoms with Crippen LogP contribution in [0, 0.1) is 0 Å². The van der Waals surface area contributed by atoms with Crippen molar-refractivity contribution in [3.05, 3.63) is 35.9 Å². The summed E-state index contributed by atoms with van der Waals surface area (Å²) < 4.78 is 0. The Hall–Kier alpha value is -1.40. The molecule has 2 rings (SSSR count). The quantitative estimate of drug-likeness (QED) is 0.582. The Balaban J connectivity index is 1.69. The van der Waals surface area contributed by atoms with Gasteiger partial charge in [0.15, 0.2) is 10.2 Å². The minimum Gasteiger partial charge on any atom is -0.359 e. The smallest absolute Gasteiger partial charge is 0.187 e. The van der Waals surface area contributed by atoms with E-state index in [0.717, 1.165) is 0 Å². The third kappa shape index (κ3) is 5.77. The summed E-state index contributed by atoms with van der Waals surface area (Å²) >= 11 is 10.7. The molecule has 1 fully saturated rings. The van der Waals surface area contributed by atoms with Gasteiger partial charge < -0.3 is 10.6 Å². The van der Waals surface area contributed by atoms with Gasteiger partial charge in [0.25, 0.3) is 0 Å². The molecule has 0 aromatic heterocycles. The largest absolute Gasteiger partial charge is 0.359 e. The summed E-state index contributed by atoms with van der Waals surface area (Å²) in [6.07, 6.45) is 6.30. The molecular weight excluding hydrogens is 312 g/mol. The van der Waals surface area contributed by atoms with Gasteiger partial charge >= 0.3 is 0 Å². The topological polar surface area (TPSA) is 39.3 Å². The van der Waals surface area contributed by atoms with Gasteiger partial charge in [0.1, 0.15) is 0 Å². The van der Waals surface area contributed by atoms with Crippen molar-refractivity contribution in [1.82, 2.24) is 21.1 Å². The van der Waals surface area contributed by atoms with Gasteiger partial charge in [0.05, 0.1) is 0 Å². The fraction of sp³-hybridized carbons (Fsp3) is 0.500. The molecule has 0 bridgehead atoms. The number of nitrogens with one attached hydrogen (secondary N) is 3. The first kappa shape index (κ1) is 17.0. The highest BCUT2D eigenvalue weighted by atomic mass is 32.1. The predicted octanol–water partition coefficient (Wildman–Crippen LogP) is 2.70. The lowest BCUT2D eigenvalue weighted by molar-refractivity contribution is 0.394. The molecule has 22 heavy (non-hydrogen) atoms. The SMILES string of the molecule is CN(NC(=S)NC1CCCCC1)C(=S)NCc1ccccc1. The molecule has 1 saturated carbocycles. The molecule has 0 unspecified atom stereocenters. The molecule has 3 N–H and O–H groups in total. The van der Waals surface area contributed by atoms with Crippen LogP contribution in [0.1, 0.15) is 37.7 Å². The maximum absolute atomic E-state index is 5.36. The minimum absolute atomic E-state index is 0.494. The van der Waals surface area contributed by atoms with Gasteiger partial charge in [0.2, 0.25) is 0 Å². The summed E-state index contributed by atoms with van der Waals surface area (Å²) in [7, 11) is 1.87. The van der Waals surface area contributed by atoms with Crippen molar-refractivity contribution in [2.45, 2.75) is 44.7 Å². The Morgan fingerprint density at radius 2 is 1.82 bits per heavy atom. The fourth-order valence-corrected chi connectivity index (χ4v) is 2.98. The first-order valence-corrected chi connectivity index (χ1v) is 8.59. The molecule has 1 aliphatic rings. The zero-order valence-corrected chi connectivity index (χ0v) is 14.6. The molecule has 1 aromatic carbocycles. The highest BCUT2D eigenvalue weighted by Crippen LogP contribution is 2.17. The lowest BCUT2D eigenvalue weighted by atomic mass is 9.96. The molecule has 0 heterocycles. The van der Waals surface area contributed by atoms with Gasteiger partial charge in [-0.2, -0.15) is 0 Å². The van der Waals surface area contributed by atoms with E-state index >= 15 is 0 Å². The zero-order chi connectivity index (χ0) is 15.8. The fourth-order valence-electron chi connectivity index (χ4n) is 2.56. The highest BCUT2D eigenvalue weighted by molar-refractivity contribution is 7.80. The lowest BCUT2D eigenvalue weighted by Gasteiger charge is -2.28. The molecule has 4 nitrogen and oxygen atoms in total. The number of hydrazine groups is 1. The van der Waals surface area contributed by atoms with Crippen molar-refractivity contribution in [3.8, 4) is 0 Å². The van der Waals surface area contributed by atoms with E-state index in [2.05, 4.69) is 28.2 Å². The summed E-state index contributed by atoms with van der Waals surface area (Å²) in [6.45, 7) is 0.703. The Bertz CT molecular complexity index is 486. The number of benzene rings is 1. The minimum atomic E-state index is 0.494. The predicted molar refractivity (Wildman–Crippen MR) is 99.4 cm³/mol. The molecule has 120 valence electrons. The normalized spacial score (nSPS) is 15.0. The first-order chi connectivity index (χ1) is 10.6. The van der Waals surface area contributed by atoms with E-state index in [9.17, 15) is 0 Å². The molecule has 0 amide bonds. The standard InChI is InChI=1S/C16H24N4S2/c1-20(16(22)17-12-13-8-4-2-5-9-13)19-15(21)18-14-10-6-3-7-11-14/h2,4-5,8-9,14H,3,6-7,10-12H2,1H3,(H,17,22)(H2,18,19,21). The Kier molecular flexibility index (Phi) is 6.86. The average molecular weight is 337 g/mol. The number of hydrogen-bond donors (Lipinski definition) is 3. The van der Waals surface area contributed by atoms with E-state index in [-0.39, 0.29) is 0 Å². The van der Waals surface area contributed by atoms with Gasteiger partial charge in [-0.05, 0) is 42.8 Å². The van der Waals surface area contributed by atoms with Crippen molar-refractivity contribution in [1.29, 1.82) is 0 Å². The average Bonchev–Trinajstić information content (AvgIpc) is 2.54. The molecule has 0 radical (unpaired) electrons. The maximum Gasteiger partial charge on any atom is 0.187 e. The van der Waals surface area contributed by atoms with E-state index in [1.165, 1.54) is 37.7 Å². The van der Waals surface area contributed by atoms with Crippen LogP contribution in [0.2, 0.25) is 0 Å². The molecule has 1 aromatic rings. The third-order valence-corrected chi connectivity index (χ3v) is 4.43. The highest BCUT2D eigenvalue weighted by Gasteiger charge is 2.14. The maximum atomic E-state index is 5.36. The van der Waals surface area contributed by atoms with E-state index in [4.69, 9.17) is 24.4 Å². The van der Waals surface area contributed by atoms with Crippen LogP contribution in [0.4, 0.5) is 0 Å². The van der Waals surface area contributed by atoms with Crippen LogP contribution in [0.5, 0.6) is 0 Å². The summed E-state index contributed by atoms with van der Waals surface area (Å²) in [5, 5.41) is 9.59. The number of hydrogen-bond acceptors (Lipinski definition) is 2. The molecule has 0 saturated heterocycles. The summed E-state index contributed by atoms with van der Waals surface area (Å²) in [5.74, 6) is 0. The van der Waals surface area contributed by atoms with Crippen molar-refractivity contribution in [2.75, 3.05) is 7.05 Å². The van der Waals surface area contributed by atoms with Gasteiger partial charge in [-0.3, -0.25) is 10.4 Å². The van der Waals surface area contributed by atoms with Crippen molar-refractivity contribution < 1.29 is 0 Å². The van der Waals surface area contributed by atoms with Gasteiger partial charge in [-0.15, -0.1) is 0 Å². The molecular formula is C16H24N4S2. The summed E-state index contributed by atoms with van der Waals surface area (Å²) in [5.41, 5.74) is 4.31. The van der Waals surface area contributed by atoms with Crippen LogP contribution in [0.3, 0.4) is 0 Å². The third-order valence-electron chi connectivity index (χ3n) is 3.80. The Morgan fingerprint density at radius 1 is 1.14 bits per heavy atom. The van der Waals surface area contributed by atoms with E-state index in [0.29, 0.717) is 22.8 Å². The number of thiocarbonyl (C=S) groups is 2. The summed E-state index contributed by atoms with van der Waals surface area (Å²) in [4.78, 5) is 0. The van der Waals surface area contributed by atoms with E-state index in [1.54, 1.807) is 5.01 Å². The van der Waals surface area contributed by atoms with Crippen molar-refractivity contribution in [3.63, 3.8) is 0 Å². The molecule has 0 atom stereocenters. The van der Waals surface area contributed by atoms with Gasteiger partial charge in [0, 0.05) is 19.6 Å². The second-order valence-electron chi connectivity index (χ2n) is 5.62. The van der Waals surface area contributed by atoms with Crippen LogP contribution in [-0.4, -0.2) is 28.3 Å². The first-order valence-electron chi connectivity index (χ1n) is 7.78. The molecule has 0 spiro atoms. The van der Waals surface area contributed by atoms with Crippen molar-refractivity contribution >= 4 is 34.7 Å². The van der Waals surface area contributed by atoms with Gasteiger partial charge in [-0.25, -0.2) is 0 Å². The van der Waals surface area contributed by atoms with Crippen LogP contribution >= 0.6 is 24.4 Å². The second-order valence-corrected chi connectivity index (χ2v) is 6.42. The van der Waals surface area contributed by atoms with E-state index < -0.39 is 0 Å². The van der Waals surface area contributed by atoms with Crippen LogP contribution in [0.15, 0.2) is 30.3 Å². The van der Waals surface area contributed by atoms with E-state index in [1.807, 2.05) is 25.2 Å². The Labute approximate surface area is 143 Å². The van der Waals surface area contributed by atoms with Gasteiger partial charge in [-0.1, -0.05) is 49.6 Å². The molecule has 6 heteroatoms. The summed E-state index contributed by atoms with van der Waals surface area (Å²) in [6, 6.07) is 10.7. The number of nitrogens with zero attached hydrogens (tertiary/aromatic N) is 1. The monoisotopic (exact) mass is 336 g/mol. The number of rotatable bonds is 3. The van der Waals surface area contributed by atoms with Crippen LogP contribution in [-0.2, 0) is 6.54 Å². The van der Waals surface area contributed by atoms with Crippen LogP contribution < -0.4 is 16.1 Å². The molecule has 1 aliphatic carbocycles. The zero-order valence-electron chi connectivity index (χ0n) is 13.0. The lowest BCUT2D eigenvalue weighted by Crippen LogP contribution is -2.53. The van der Waals surface area contributed by atoms with Crippen LogP contribution in [0.25, 0.3) is 0 Å². The second kappa shape index (κ2) is 8.90. The molecule has 0 aliphatic heterocycles. The Morgan fingerprint density at radius 3 is 2.50 bits per heavy atom. The van der Waals surface area contributed by atoms with Crippen molar-refractivity contribution in [2.24, 2.45) is 0 Å².